The highest BCUT2D eigenvalue weighted by Crippen LogP contribution is 2.33. The number of aryl methyl sites for hydroxylation is 1. The standard InChI is InChI=1S/C25H29F2N5O3.C2HF3O2/c1-35-24(34)20(10-6-12-30-25(28)29)31-21(33)11-5-9-17-18-13-16(26)14-19(27)23(18)32-22(17)15-7-3-2-4-8-15;3-2(4,5)1(6)7/h2-4,7-8,13-14,20,32H,5-6,9-12H2,1H3,(H,31,33)(H4,28,29,30);(H,6,7)/t20-;/m0./s1. The minimum Gasteiger partial charge on any atom is -0.475 e. The number of carboxylic acid groups (broad SMARTS) is 1. The van der Waals surface area contributed by atoms with Crippen LogP contribution in [0.3, 0.4) is 0 Å². The largest absolute Gasteiger partial charge is 0.490 e. The molecule has 0 saturated carbocycles. The van der Waals surface area contributed by atoms with Gasteiger partial charge in [-0.25, -0.2) is 18.4 Å². The van der Waals surface area contributed by atoms with Crippen LogP contribution >= 0.6 is 0 Å². The van der Waals surface area contributed by atoms with E-state index in [1.165, 1.54) is 13.2 Å². The zero-order valence-electron chi connectivity index (χ0n) is 22.4. The number of carboxylic acids is 1. The summed E-state index contributed by atoms with van der Waals surface area (Å²) in [6.45, 7) is 0.321. The van der Waals surface area contributed by atoms with Crippen molar-refractivity contribution in [2.75, 3.05) is 13.7 Å². The molecule has 7 N–H and O–H groups in total. The number of nitrogens with one attached hydrogen (secondary N) is 2. The van der Waals surface area contributed by atoms with Crippen molar-refractivity contribution in [3.05, 3.63) is 59.7 Å². The van der Waals surface area contributed by atoms with Gasteiger partial charge >= 0.3 is 18.1 Å². The number of carbonyl (C=O) groups excluding carboxylic acids is 2. The lowest BCUT2D eigenvalue weighted by atomic mass is 10.00. The van der Waals surface area contributed by atoms with E-state index < -0.39 is 35.8 Å². The number of H-pyrrole nitrogens is 1. The number of halogens is 5. The Bertz CT molecular complexity index is 1410. The van der Waals surface area contributed by atoms with Gasteiger partial charge in [-0.1, -0.05) is 30.3 Å². The van der Waals surface area contributed by atoms with Crippen LogP contribution in [0, 0.1) is 11.6 Å². The van der Waals surface area contributed by atoms with Crippen LogP contribution in [0.2, 0.25) is 0 Å². The number of rotatable bonds is 11. The summed E-state index contributed by atoms with van der Waals surface area (Å²) in [5, 5.41) is 10.2. The molecule has 1 heterocycles. The van der Waals surface area contributed by atoms with Crippen molar-refractivity contribution in [1.29, 1.82) is 0 Å². The summed E-state index contributed by atoms with van der Waals surface area (Å²) in [6.07, 6.45) is -3.38. The average Bonchev–Trinajstić information content (AvgIpc) is 3.28. The number of hydrogen-bond acceptors (Lipinski definition) is 5. The number of carbonyl (C=O) groups is 3. The first-order chi connectivity index (χ1) is 19.7. The zero-order valence-corrected chi connectivity index (χ0v) is 22.4. The van der Waals surface area contributed by atoms with Crippen molar-refractivity contribution < 1.29 is 46.2 Å². The Hall–Kier alpha value is -4.69. The van der Waals surface area contributed by atoms with Crippen molar-refractivity contribution in [1.82, 2.24) is 10.3 Å². The molecule has 1 atom stereocenters. The van der Waals surface area contributed by atoms with E-state index in [0.29, 0.717) is 43.3 Å². The van der Waals surface area contributed by atoms with Crippen molar-refractivity contribution >= 4 is 34.7 Å². The maximum absolute atomic E-state index is 14.4. The number of amides is 1. The predicted octanol–water partition coefficient (Wildman–Crippen LogP) is 3.78. The lowest BCUT2D eigenvalue weighted by molar-refractivity contribution is -0.192. The van der Waals surface area contributed by atoms with Crippen molar-refractivity contribution in [2.24, 2.45) is 16.5 Å². The molecule has 2 aromatic carbocycles. The highest BCUT2D eigenvalue weighted by molar-refractivity contribution is 5.91. The highest BCUT2D eigenvalue weighted by atomic mass is 19.4. The quantitative estimate of drug-likeness (QED) is 0.0733. The SMILES string of the molecule is COC(=O)[C@H](CCCN=C(N)N)NC(=O)CCCc1c(-c2ccccc2)[nH]c2c(F)cc(F)cc12.O=C(O)C(F)(F)F. The summed E-state index contributed by atoms with van der Waals surface area (Å²) in [5.41, 5.74) is 13.0. The summed E-state index contributed by atoms with van der Waals surface area (Å²) in [4.78, 5) is 40.4. The maximum atomic E-state index is 14.4. The lowest BCUT2D eigenvalue weighted by Crippen LogP contribution is -2.41. The Morgan fingerprint density at radius 2 is 1.74 bits per heavy atom. The van der Waals surface area contributed by atoms with Crippen molar-refractivity contribution in [3.63, 3.8) is 0 Å². The number of guanidine groups is 1. The van der Waals surface area contributed by atoms with Gasteiger partial charge in [0.2, 0.25) is 5.91 Å². The van der Waals surface area contributed by atoms with Gasteiger partial charge in [0, 0.05) is 30.1 Å². The van der Waals surface area contributed by atoms with Crippen LogP contribution in [0.1, 0.15) is 31.2 Å². The first kappa shape index (κ1) is 33.5. The molecule has 0 spiro atoms. The first-order valence-electron chi connectivity index (χ1n) is 12.5. The molecule has 0 bridgehead atoms. The molecule has 0 unspecified atom stereocenters. The molecule has 1 amide bonds. The third kappa shape index (κ3) is 10.1. The molecule has 3 aromatic rings. The second-order valence-corrected chi connectivity index (χ2v) is 8.90. The van der Waals surface area contributed by atoms with E-state index in [-0.39, 0.29) is 23.8 Å². The maximum Gasteiger partial charge on any atom is 0.490 e. The summed E-state index contributed by atoms with van der Waals surface area (Å²) in [6, 6.07) is 10.6. The third-order valence-corrected chi connectivity index (χ3v) is 5.83. The monoisotopic (exact) mass is 599 g/mol. The van der Waals surface area contributed by atoms with Gasteiger partial charge in [0.05, 0.1) is 12.6 Å². The van der Waals surface area contributed by atoms with Crippen LogP contribution in [-0.4, -0.2) is 59.8 Å². The number of esters is 1. The number of aliphatic carboxylic acids is 1. The molecule has 1 aromatic heterocycles. The van der Waals surface area contributed by atoms with Crippen LogP contribution in [0.15, 0.2) is 47.5 Å². The van der Waals surface area contributed by atoms with Gasteiger partial charge < -0.3 is 31.6 Å². The Kier molecular flexibility index (Phi) is 12.2. The minimum atomic E-state index is -5.08. The van der Waals surface area contributed by atoms with Gasteiger partial charge in [0.15, 0.2) is 5.96 Å². The van der Waals surface area contributed by atoms with Gasteiger partial charge in [-0.15, -0.1) is 0 Å². The van der Waals surface area contributed by atoms with Crippen LogP contribution in [-0.2, 0) is 25.5 Å². The van der Waals surface area contributed by atoms with Crippen LogP contribution < -0.4 is 16.8 Å². The normalized spacial score (nSPS) is 11.7. The van der Waals surface area contributed by atoms with E-state index in [2.05, 4.69) is 15.3 Å². The molecule has 0 fully saturated rings. The molecular formula is C27H30F5N5O5. The number of nitrogens with two attached hydrogens (primary N) is 2. The zero-order chi connectivity index (χ0) is 31.4. The number of alkyl halides is 3. The molecule has 0 aliphatic heterocycles. The number of aliphatic imine (C=N–C) groups is 1. The van der Waals surface area contributed by atoms with Gasteiger partial charge in [-0.2, -0.15) is 13.2 Å². The van der Waals surface area contributed by atoms with Gasteiger partial charge in [-0.3, -0.25) is 9.79 Å². The molecular weight excluding hydrogens is 569 g/mol. The summed E-state index contributed by atoms with van der Waals surface area (Å²) < 4.78 is 64.9. The van der Waals surface area contributed by atoms with E-state index in [1.807, 2.05) is 30.3 Å². The fourth-order valence-corrected chi connectivity index (χ4v) is 3.97. The van der Waals surface area contributed by atoms with Crippen LogP contribution in [0.25, 0.3) is 22.2 Å². The average molecular weight is 600 g/mol. The summed E-state index contributed by atoms with van der Waals surface area (Å²) in [7, 11) is 1.25. The number of nitrogens with zero attached hydrogens (tertiary/aromatic N) is 1. The fraction of sp³-hybridized carbons (Fsp3) is 0.333. The molecule has 0 aliphatic rings. The molecule has 3 rings (SSSR count). The third-order valence-electron chi connectivity index (χ3n) is 5.83. The van der Waals surface area contributed by atoms with E-state index in [9.17, 15) is 31.5 Å². The van der Waals surface area contributed by atoms with Gasteiger partial charge in [0.1, 0.15) is 17.7 Å². The topological polar surface area (TPSA) is 173 Å². The second kappa shape index (κ2) is 15.3. The Balaban J connectivity index is 0.000000782. The number of methoxy groups -OCH3 is 1. The lowest BCUT2D eigenvalue weighted by Gasteiger charge is -2.16. The van der Waals surface area contributed by atoms with E-state index in [1.54, 1.807) is 0 Å². The fourth-order valence-electron chi connectivity index (χ4n) is 3.97. The second-order valence-electron chi connectivity index (χ2n) is 8.90. The number of ether oxygens (including phenoxy) is 1. The van der Waals surface area contributed by atoms with Gasteiger partial charge in [-0.05, 0) is 42.9 Å². The Morgan fingerprint density at radius 1 is 1.10 bits per heavy atom. The van der Waals surface area contributed by atoms with E-state index in [4.69, 9.17) is 26.1 Å². The minimum absolute atomic E-state index is 0.0458. The molecule has 10 nitrogen and oxygen atoms in total. The highest BCUT2D eigenvalue weighted by Gasteiger charge is 2.38. The summed E-state index contributed by atoms with van der Waals surface area (Å²) >= 11 is 0. The predicted molar refractivity (Wildman–Crippen MR) is 144 cm³/mol. The Labute approximate surface area is 236 Å². The van der Waals surface area contributed by atoms with Crippen LogP contribution in [0.4, 0.5) is 22.0 Å². The molecule has 228 valence electrons. The molecule has 42 heavy (non-hydrogen) atoms. The molecule has 0 saturated heterocycles. The number of aromatic nitrogens is 1. The molecule has 0 radical (unpaired) electrons. The van der Waals surface area contributed by atoms with Gasteiger partial charge in [0.25, 0.3) is 0 Å². The van der Waals surface area contributed by atoms with Crippen LogP contribution in [0.5, 0.6) is 0 Å². The molecule has 0 aliphatic carbocycles. The number of hydrogen-bond donors (Lipinski definition) is 5. The molecule has 15 heteroatoms. The van der Waals surface area contributed by atoms with E-state index >= 15 is 0 Å². The number of aromatic amines is 1. The summed E-state index contributed by atoms with van der Waals surface area (Å²) in [5.74, 6) is -5.04. The van der Waals surface area contributed by atoms with Crippen molar-refractivity contribution in [2.45, 2.75) is 44.3 Å². The van der Waals surface area contributed by atoms with E-state index in [0.717, 1.165) is 17.2 Å². The number of benzene rings is 2. The Morgan fingerprint density at radius 3 is 2.31 bits per heavy atom. The number of fused-ring (bicyclic) bond motifs is 1. The smallest absolute Gasteiger partial charge is 0.475 e. The van der Waals surface area contributed by atoms with Crippen molar-refractivity contribution in [3.8, 4) is 11.3 Å². The first-order valence-corrected chi connectivity index (χ1v) is 12.5.